The van der Waals surface area contributed by atoms with Gasteiger partial charge in [0.2, 0.25) is 0 Å². The SMILES string of the molecule is Nc1cc(-c2ccc(OCCN3CCCC3)c(/C=C3\SC(=S)N(CCc4ccc(C(=O)O)cc4)C3=O)c2)cc2cc[nH]c12. The molecule has 0 atom stereocenters. The molecule has 1 aromatic heterocycles. The summed E-state index contributed by atoms with van der Waals surface area (Å²) in [5.41, 5.74) is 11.8. The molecular formula is C33H32N4O4S2. The average molecular weight is 613 g/mol. The fourth-order valence-electron chi connectivity index (χ4n) is 5.52. The number of nitrogens with zero attached hydrogens (tertiary/aromatic N) is 2. The van der Waals surface area contributed by atoms with E-state index in [1.807, 2.05) is 42.6 Å². The van der Waals surface area contributed by atoms with E-state index in [1.54, 1.807) is 29.2 Å². The van der Waals surface area contributed by atoms with Gasteiger partial charge in [-0.2, -0.15) is 0 Å². The summed E-state index contributed by atoms with van der Waals surface area (Å²) >= 11 is 6.88. The van der Waals surface area contributed by atoms with E-state index in [-0.39, 0.29) is 11.5 Å². The van der Waals surface area contributed by atoms with Crippen LogP contribution in [0.2, 0.25) is 0 Å². The predicted octanol–water partition coefficient (Wildman–Crippen LogP) is 6.03. The van der Waals surface area contributed by atoms with Gasteiger partial charge in [-0.15, -0.1) is 0 Å². The van der Waals surface area contributed by atoms with Crippen molar-refractivity contribution in [3.8, 4) is 16.9 Å². The third-order valence-corrected chi connectivity index (χ3v) is 9.26. The van der Waals surface area contributed by atoms with Crippen LogP contribution in [0, 0.1) is 0 Å². The number of nitrogens with one attached hydrogen (secondary N) is 1. The van der Waals surface area contributed by atoms with E-state index in [0.717, 1.165) is 52.8 Å². The topological polar surface area (TPSA) is 112 Å². The Hall–Kier alpha value is -4.12. The molecule has 0 bridgehead atoms. The zero-order chi connectivity index (χ0) is 29.9. The molecule has 2 aliphatic heterocycles. The van der Waals surface area contributed by atoms with E-state index in [0.29, 0.717) is 40.2 Å². The Kier molecular flexibility index (Phi) is 8.51. The molecule has 1 amide bonds. The molecule has 4 aromatic rings. The van der Waals surface area contributed by atoms with E-state index in [1.165, 1.54) is 24.6 Å². The van der Waals surface area contributed by atoms with Crippen molar-refractivity contribution in [2.24, 2.45) is 0 Å². The first kappa shape index (κ1) is 29.0. The van der Waals surface area contributed by atoms with Crippen molar-refractivity contribution in [3.63, 3.8) is 0 Å². The first-order valence-corrected chi connectivity index (χ1v) is 15.5. The van der Waals surface area contributed by atoms with Gasteiger partial charge in [0.25, 0.3) is 5.91 Å². The number of thiocarbonyl (C=S) groups is 1. The monoisotopic (exact) mass is 612 g/mol. The number of amides is 1. The van der Waals surface area contributed by atoms with Crippen molar-refractivity contribution in [2.45, 2.75) is 19.3 Å². The lowest BCUT2D eigenvalue weighted by Crippen LogP contribution is -2.30. The minimum atomic E-state index is -0.967. The molecular weight excluding hydrogens is 581 g/mol. The van der Waals surface area contributed by atoms with Crippen LogP contribution in [0.5, 0.6) is 5.75 Å². The van der Waals surface area contributed by atoms with Crippen LogP contribution >= 0.6 is 24.0 Å². The lowest BCUT2D eigenvalue weighted by molar-refractivity contribution is -0.122. The van der Waals surface area contributed by atoms with Gasteiger partial charge >= 0.3 is 5.97 Å². The molecule has 2 aliphatic rings. The van der Waals surface area contributed by atoms with Crippen LogP contribution in [0.15, 0.2) is 71.8 Å². The molecule has 0 radical (unpaired) electrons. The largest absolute Gasteiger partial charge is 0.492 e. The maximum absolute atomic E-state index is 13.5. The van der Waals surface area contributed by atoms with Crippen molar-refractivity contribution in [3.05, 3.63) is 88.5 Å². The number of hydrogen-bond donors (Lipinski definition) is 3. The molecule has 43 heavy (non-hydrogen) atoms. The number of likely N-dealkylation sites (tertiary alicyclic amines) is 1. The zero-order valence-corrected chi connectivity index (χ0v) is 25.2. The molecule has 220 valence electrons. The van der Waals surface area contributed by atoms with Crippen LogP contribution < -0.4 is 10.5 Å². The number of carboxylic acid groups (broad SMARTS) is 1. The second-order valence-electron chi connectivity index (χ2n) is 10.7. The fourth-order valence-corrected chi connectivity index (χ4v) is 6.82. The minimum absolute atomic E-state index is 0.149. The number of rotatable bonds is 10. The maximum atomic E-state index is 13.5. The number of carboxylic acids is 1. The Morgan fingerprint density at radius 3 is 2.60 bits per heavy atom. The molecule has 0 saturated carbocycles. The smallest absolute Gasteiger partial charge is 0.335 e. The number of fused-ring (bicyclic) bond motifs is 1. The molecule has 0 unspecified atom stereocenters. The minimum Gasteiger partial charge on any atom is -0.492 e. The summed E-state index contributed by atoms with van der Waals surface area (Å²) in [6, 6.07) is 18.8. The molecule has 0 spiro atoms. The molecule has 4 N–H and O–H groups in total. The number of carbonyl (C=O) groups is 2. The zero-order valence-electron chi connectivity index (χ0n) is 23.5. The van der Waals surface area contributed by atoms with Crippen molar-refractivity contribution >= 4 is 62.8 Å². The highest BCUT2D eigenvalue weighted by Crippen LogP contribution is 2.37. The van der Waals surface area contributed by atoms with E-state index < -0.39 is 5.97 Å². The number of nitrogen functional groups attached to an aromatic ring is 1. The number of hydrogen-bond acceptors (Lipinski definition) is 7. The number of thioether (sulfide) groups is 1. The molecule has 8 nitrogen and oxygen atoms in total. The summed E-state index contributed by atoms with van der Waals surface area (Å²) in [5.74, 6) is -0.406. The number of carbonyl (C=O) groups excluding carboxylic acids is 1. The summed E-state index contributed by atoms with van der Waals surface area (Å²) in [6.07, 6.45) is 6.76. The van der Waals surface area contributed by atoms with Crippen molar-refractivity contribution in [1.29, 1.82) is 0 Å². The predicted molar refractivity (Wildman–Crippen MR) is 176 cm³/mol. The first-order valence-electron chi connectivity index (χ1n) is 14.3. The summed E-state index contributed by atoms with van der Waals surface area (Å²) in [7, 11) is 0. The number of anilines is 1. The Morgan fingerprint density at radius 2 is 1.84 bits per heavy atom. The number of ether oxygens (including phenoxy) is 1. The second kappa shape index (κ2) is 12.6. The van der Waals surface area contributed by atoms with Crippen molar-refractivity contribution in [1.82, 2.24) is 14.8 Å². The van der Waals surface area contributed by atoms with E-state index >= 15 is 0 Å². The van der Waals surface area contributed by atoms with Crippen molar-refractivity contribution in [2.75, 3.05) is 38.5 Å². The highest BCUT2D eigenvalue weighted by Gasteiger charge is 2.32. The van der Waals surface area contributed by atoms with Crippen LogP contribution in [0.4, 0.5) is 5.69 Å². The average Bonchev–Trinajstić information content (AvgIpc) is 3.75. The Balaban J connectivity index is 1.25. The summed E-state index contributed by atoms with van der Waals surface area (Å²) < 4.78 is 6.77. The number of benzene rings is 3. The van der Waals surface area contributed by atoms with Gasteiger partial charge in [0.15, 0.2) is 0 Å². The highest BCUT2D eigenvalue weighted by molar-refractivity contribution is 8.26. The number of H-pyrrole nitrogens is 1. The number of nitrogens with two attached hydrogens (primary N) is 1. The van der Waals surface area contributed by atoms with Crippen LogP contribution in [0.3, 0.4) is 0 Å². The van der Waals surface area contributed by atoms with Gasteiger partial charge in [-0.3, -0.25) is 14.6 Å². The van der Waals surface area contributed by atoms with Gasteiger partial charge < -0.3 is 20.6 Å². The quantitative estimate of drug-likeness (QED) is 0.113. The molecule has 2 fully saturated rings. The van der Waals surface area contributed by atoms with Crippen LogP contribution in [0.25, 0.3) is 28.1 Å². The lowest BCUT2D eigenvalue weighted by Gasteiger charge is -2.17. The van der Waals surface area contributed by atoms with Crippen molar-refractivity contribution < 1.29 is 19.4 Å². The third kappa shape index (κ3) is 6.46. The van der Waals surface area contributed by atoms with Crippen LogP contribution in [-0.4, -0.2) is 68.9 Å². The Bertz CT molecular complexity index is 1720. The molecule has 0 aliphatic carbocycles. The highest BCUT2D eigenvalue weighted by atomic mass is 32.2. The second-order valence-corrected chi connectivity index (χ2v) is 12.4. The van der Waals surface area contributed by atoms with Gasteiger partial charge in [-0.1, -0.05) is 42.2 Å². The van der Waals surface area contributed by atoms with Gasteiger partial charge in [0.1, 0.15) is 16.7 Å². The van der Waals surface area contributed by atoms with Gasteiger partial charge in [-0.25, -0.2) is 4.79 Å². The number of aromatic amines is 1. The standard InChI is InChI=1S/C33H32N4O4S2/c34-27-19-25(18-24-9-11-35-30(24)27)23-7-8-28(41-16-15-36-12-1-2-13-36)26(17-23)20-29-31(38)37(33(42)43-29)14-10-21-3-5-22(6-4-21)32(39)40/h3-9,11,17-20,35H,1-2,10,12-16,34H2,(H,39,40)/b29-20-. The maximum Gasteiger partial charge on any atom is 0.335 e. The lowest BCUT2D eigenvalue weighted by atomic mass is 10.00. The van der Waals surface area contributed by atoms with Crippen LogP contribution in [-0.2, 0) is 11.2 Å². The van der Waals surface area contributed by atoms with E-state index in [2.05, 4.69) is 16.0 Å². The first-order chi connectivity index (χ1) is 20.9. The normalized spacial score (nSPS) is 16.6. The van der Waals surface area contributed by atoms with Gasteiger partial charge in [-0.05, 0) is 97.6 Å². The summed E-state index contributed by atoms with van der Waals surface area (Å²) in [6.45, 7) is 4.03. The summed E-state index contributed by atoms with van der Waals surface area (Å²) in [4.78, 5) is 32.4. The molecule has 3 heterocycles. The van der Waals surface area contributed by atoms with Gasteiger partial charge in [0.05, 0.1) is 21.7 Å². The Labute approximate surface area is 259 Å². The van der Waals surface area contributed by atoms with Crippen LogP contribution in [0.1, 0.15) is 34.3 Å². The number of aromatic nitrogens is 1. The van der Waals surface area contributed by atoms with Gasteiger partial charge in [0, 0.05) is 30.2 Å². The number of aromatic carboxylic acids is 1. The van der Waals surface area contributed by atoms with E-state index in [9.17, 15) is 9.59 Å². The molecule has 3 aromatic carbocycles. The molecule has 6 rings (SSSR count). The van der Waals surface area contributed by atoms with E-state index in [4.69, 9.17) is 27.8 Å². The fraction of sp³-hybridized carbons (Fsp3) is 0.242. The molecule has 10 heteroatoms. The molecule has 2 saturated heterocycles. The summed E-state index contributed by atoms with van der Waals surface area (Å²) in [5, 5.41) is 10.2. The Morgan fingerprint density at radius 1 is 1.05 bits per heavy atom. The third-order valence-electron chi connectivity index (χ3n) is 7.88.